The third-order valence-corrected chi connectivity index (χ3v) is 3.16. The van der Waals surface area contributed by atoms with Gasteiger partial charge in [0.25, 0.3) is 0 Å². The SMILES string of the molecule is CC(C)C(C)(O)C1CCCOC1. The Bertz CT molecular complexity index is 135. The van der Waals surface area contributed by atoms with Gasteiger partial charge in [0.15, 0.2) is 0 Å². The number of aliphatic hydroxyl groups is 1. The maximum absolute atomic E-state index is 10.1. The van der Waals surface area contributed by atoms with Gasteiger partial charge in [-0.3, -0.25) is 0 Å². The Morgan fingerprint density at radius 1 is 1.50 bits per heavy atom. The Balaban J connectivity index is 2.53. The topological polar surface area (TPSA) is 29.5 Å². The summed E-state index contributed by atoms with van der Waals surface area (Å²) in [4.78, 5) is 0. The molecular formula is C10H20O2. The molecule has 0 aromatic heterocycles. The second kappa shape index (κ2) is 3.75. The van der Waals surface area contributed by atoms with E-state index in [2.05, 4.69) is 13.8 Å². The van der Waals surface area contributed by atoms with Crippen LogP contribution in [-0.2, 0) is 4.74 Å². The van der Waals surface area contributed by atoms with Crippen molar-refractivity contribution in [1.29, 1.82) is 0 Å². The molecule has 12 heavy (non-hydrogen) atoms. The molecule has 1 aliphatic heterocycles. The lowest BCUT2D eigenvalue weighted by molar-refractivity contribution is -0.0936. The van der Waals surface area contributed by atoms with E-state index in [-0.39, 0.29) is 0 Å². The first kappa shape index (κ1) is 10.0. The maximum Gasteiger partial charge on any atom is 0.0692 e. The van der Waals surface area contributed by atoms with E-state index in [1.165, 1.54) is 0 Å². The Morgan fingerprint density at radius 3 is 2.58 bits per heavy atom. The first-order valence-electron chi connectivity index (χ1n) is 4.85. The van der Waals surface area contributed by atoms with E-state index in [4.69, 9.17) is 4.74 Å². The van der Waals surface area contributed by atoms with Crippen LogP contribution >= 0.6 is 0 Å². The Kier molecular flexibility index (Phi) is 3.13. The predicted octanol–water partition coefficient (Wildman–Crippen LogP) is 1.82. The summed E-state index contributed by atoms with van der Waals surface area (Å²) in [6.07, 6.45) is 2.19. The zero-order valence-electron chi connectivity index (χ0n) is 8.34. The molecule has 2 nitrogen and oxygen atoms in total. The van der Waals surface area contributed by atoms with Crippen LogP contribution < -0.4 is 0 Å². The third-order valence-electron chi connectivity index (χ3n) is 3.16. The molecule has 0 aromatic rings. The summed E-state index contributed by atoms with van der Waals surface area (Å²) >= 11 is 0. The smallest absolute Gasteiger partial charge is 0.0692 e. The molecule has 2 heteroatoms. The van der Waals surface area contributed by atoms with E-state index in [0.717, 1.165) is 26.1 Å². The van der Waals surface area contributed by atoms with Crippen molar-refractivity contribution in [3.05, 3.63) is 0 Å². The lowest BCUT2D eigenvalue weighted by Crippen LogP contribution is -2.43. The molecule has 0 spiro atoms. The summed E-state index contributed by atoms with van der Waals surface area (Å²) in [6.45, 7) is 7.65. The van der Waals surface area contributed by atoms with E-state index in [0.29, 0.717) is 11.8 Å². The highest BCUT2D eigenvalue weighted by molar-refractivity contribution is 4.86. The molecule has 72 valence electrons. The van der Waals surface area contributed by atoms with Gasteiger partial charge in [0.2, 0.25) is 0 Å². The quantitative estimate of drug-likeness (QED) is 0.688. The lowest BCUT2D eigenvalue weighted by Gasteiger charge is -2.38. The van der Waals surface area contributed by atoms with Crippen LogP contribution in [0, 0.1) is 11.8 Å². The van der Waals surface area contributed by atoms with Gasteiger partial charge in [0.05, 0.1) is 12.2 Å². The Hall–Kier alpha value is -0.0800. The second-order valence-corrected chi connectivity index (χ2v) is 4.29. The average Bonchev–Trinajstić information content (AvgIpc) is 2.06. The molecule has 0 saturated carbocycles. The highest BCUT2D eigenvalue weighted by atomic mass is 16.5. The summed E-state index contributed by atoms with van der Waals surface area (Å²) < 4.78 is 5.36. The van der Waals surface area contributed by atoms with Crippen LogP contribution in [0.3, 0.4) is 0 Å². The molecule has 1 aliphatic rings. The molecule has 2 atom stereocenters. The summed E-state index contributed by atoms with van der Waals surface area (Å²) in [6, 6.07) is 0. The minimum absolute atomic E-state index is 0.309. The van der Waals surface area contributed by atoms with Gasteiger partial charge in [-0.2, -0.15) is 0 Å². The zero-order valence-corrected chi connectivity index (χ0v) is 8.34. The number of hydrogen-bond acceptors (Lipinski definition) is 2. The number of rotatable bonds is 2. The van der Waals surface area contributed by atoms with Gasteiger partial charge in [-0.1, -0.05) is 13.8 Å². The largest absolute Gasteiger partial charge is 0.390 e. The molecule has 1 saturated heterocycles. The standard InChI is InChI=1S/C10H20O2/c1-8(2)10(3,11)9-5-4-6-12-7-9/h8-9,11H,4-7H2,1-3H3. The summed E-state index contributed by atoms with van der Waals surface area (Å²) in [5.41, 5.74) is -0.555. The fraction of sp³-hybridized carbons (Fsp3) is 1.00. The second-order valence-electron chi connectivity index (χ2n) is 4.29. The van der Waals surface area contributed by atoms with Crippen LogP contribution in [0.5, 0.6) is 0 Å². The van der Waals surface area contributed by atoms with Crippen molar-refractivity contribution in [1.82, 2.24) is 0 Å². The minimum Gasteiger partial charge on any atom is -0.390 e. The summed E-state index contributed by atoms with van der Waals surface area (Å²) in [5.74, 6) is 0.635. The van der Waals surface area contributed by atoms with E-state index in [1.54, 1.807) is 0 Å². The normalized spacial score (nSPS) is 30.2. The molecule has 0 amide bonds. The van der Waals surface area contributed by atoms with Crippen molar-refractivity contribution < 1.29 is 9.84 Å². The monoisotopic (exact) mass is 172 g/mol. The van der Waals surface area contributed by atoms with Crippen molar-refractivity contribution >= 4 is 0 Å². The highest BCUT2D eigenvalue weighted by Gasteiger charge is 2.35. The molecular weight excluding hydrogens is 152 g/mol. The fourth-order valence-electron chi connectivity index (χ4n) is 1.67. The van der Waals surface area contributed by atoms with Crippen molar-refractivity contribution in [2.75, 3.05) is 13.2 Å². The van der Waals surface area contributed by atoms with Gasteiger partial charge in [-0.15, -0.1) is 0 Å². The van der Waals surface area contributed by atoms with Crippen molar-refractivity contribution in [2.45, 2.75) is 39.2 Å². The molecule has 0 aliphatic carbocycles. The third kappa shape index (κ3) is 1.99. The van der Waals surface area contributed by atoms with E-state index < -0.39 is 5.60 Å². The van der Waals surface area contributed by atoms with Gasteiger partial charge in [-0.05, 0) is 25.7 Å². The van der Waals surface area contributed by atoms with Crippen molar-refractivity contribution in [3.8, 4) is 0 Å². The van der Waals surface area contributed by atoms with Crippen LogP contribution in [0.4, 0.5) is 0 Å². The molecule has 0 radical (unpaired) electrons. The Morgan fingerprint density at radius 2 is 2.17 bits per heavy atom. The molecule has 1 rings (SSSR count). The first-order chi connectivity index (χ1) is 5.55. The highest BCUT2D eigenvalue weighted by Crippen LogP contribution is 2.31. The molecule has 1 fully saturated rings. The number of hydrogen-bond donors (Lipinski definition) is 1. The van der Waals surface area contributed by atoms with Crippen LogP contribution in [-0.4, -0.2) is 23.9 Å². The van der Waals surface area contributed by atoms with E-state index >= 15 is 0 Å². The molecule has 0 bridgehead atoms. The molecule has 2 unspecified atom stereocenters. The average molecular weight is 172 g/mol. The van der Waals surface area contributed by atoms with E-state index in [1.807, 2.05) is 6.92 Å². The van der Waals surface area contributed by atoms with Crippen LogP contribution in [0.1, 0.15) is 33.6 Å². The van der Waals surface area contributed by atoms with Crippen LogP contribution in [0.2, 0.25) is 0 Å². The van der Waals surface area contributed by atoms with Gasteiger partial charge in [0, 0.05) is 12.5 Å². The summed E-state index contributed by atoms with van der Waals surface area (Å²) in [7, 11) is 0. The van der Waals surface area contributed by atoms with Gasteiger partial charge in [-0.25, -0.2) is 0 Å². The fourth-order valence-corrected chi connectivity index (χ4v) is 1.67. The van der Waals surface area contributed by atoms with Crippen molar-refractivity contribution in [2.24, 2.45) is 11.8 Å². The van der Waals surface area contributed by atoms with Gasteiger partial charge >= 0.3 is 0 Å². The molecule has 1 N–H and O–H groups in total. The first-order valence-corrected chi connectivity index (χ1v) is 4.85. The van der Waals surface area contributed by atoms with Crippen LogP contribution in [0.25, 0.3) is 0 Å². The van der Waals surface area contributed by atoms with Crippen molar-refractivity contribution in [3.63, 3.8) is 0 Å². The predicted molar refractivity (Wildman–Crippen MR) is 49.0 cm³/mol. The number of ether oxygens (including phenoxy) is 1. The molecule has 1 heterocycles. The van der Waals surface area contributed by atoms with E-state index in [9.17, 15) is 5.11 Å². The summed E-state index contributed by atoms with van der Waals surface area (Å²) in [5, 5.41) is 10.1. The van der Waals surface area contributed by atoms with Gasteiger partial charge < -0.3 is 9.84 Å². The van der Waals surface area contributed by atoms with Gasteiger partial charge in [0.1, 0.15) is 0 Å². The Labute approximate surface area is 74.9 Å². The van der Waals surface area contributed by atoms with Crippen LogP contribution in [0.15, 0.2) is 0 Å². The minimum atomic E-state index is -0.555. The zero-order chi connectivity index (χ0) is 9.19. The molecule has 0 aromatic carbocycles. The lowest BCUT2D eigenvalue weighted by atomic mass is 9.77. The maximum atomic E-state index is 10.1.